The molecule has 19 heavy (non-hydrogen) atoms. The van der Waals surface area contributed by atoms with Crippen LogP contribution in [0.2, 0.25) is 0 Å². The van der Waals surface area contributed by atoms with Gasteiger partial charge in [-0.2, -0.15) is 0 Å². The van der Waals surface area contributed by atoms with Gasteiger partial charge in [-0.1, -0.05) is 0 Å². The quantitative estimate of drug-likeness (QED) is 0.671. The number of nitrogens with zero attached hydrogens (tertiary/aromatic N) is 3. The third-order valence-corrected chi connectivity index (χ3v) is 2.65. The Morgan fingerprint density at radius 3 is 2.89 bits per heavy atom. The first-order valence-corrected chi connectivity index (χ1v) is 5.65. The number of anilines is 2. The molecule has 0 amide bonds. The van der Waals surface area contributed by atoms with Crippen LogP contribution in [0.5, 0.6) is 5.75 Å². The normalized spacial score (nSPS) is 15.1. The molecular formula is C13H11N5O. The largest absolute Gasteiger partial charge is 0.507 e. The molecule has 0 radical (unpaired) electrons. The van der Waals surface area contributed by atoms with Gasteiger partial charge in [0.05, 0.1) is 6.21 Å². The second kappa shape index (κ2) is 4.41. The van der Waals surface area contributed by atoms with Gasteiger partial charge in [-0.05, 0) is 18.2 Å². The number of benzene rings is 1. The van der Waals surface area contributed by atoms with Gasteiger partial charge in [0.2, 0.25) is 0 Å². The minimum atomic E-state index is 0.106. The van der Waals surface area contributed by atoms with Crippen LogP contribution in [0.15, 0.2) is 41.4 Å². The Balaban J connectivity index is 1.95. The molecule has 0 unspecified atom stereocenters. The molecule has 0 saturated heterocycles. The number of hydrogen-bond donors (Lipinski definition) is 3. The van der Waals surface area contributed by atoms with Gasteiger partial charge < -0.3 is 16.2 Å². The van der Waals surface area contributed by atoms with Crippen molar-refractivity contribution >= 4 is 23.8 Å². The van der Waals surface area contributed by atoms with Crippen LogP contribution in [0.3, 0.4) is 0 Å². The number of nitrogen functional groups attached to an aromatic ring is 1. The Hall–Kier alpha value is -2.89. The standard InChI is InChI=1S/C13H11N5O/c14-9-2-1-8(11(19)6-9)5-12-17-7-10-13(18-12)16-4-3-15-10/h1-7,19H,14H2,(H,16,18). The van der Waals surface area contributed by atoms with Gasteiger partial charge in [-0.15, -0.1) is 0 Å². The fourth-order valence-electron chi connectivity index (χ4n) is 1.73. The second-order valence-electron chi connectivity index (χ2n) is 4.02. The molecule has 1 aromatic heterocycles. The van der Waals surface area contributed by atoms with Crippen LogP contribution in [-0.4, -0.2) is 21.3 Å². The number of nitrogens with one attached hydrogen (secondary N) is 1. The number of fused-ring (bicyclic) bond motifs is 1. The van der Waals surface area contributed by atoms with Crippen molar-refractivity contribution in [3.8, 4) is 5.75 Å². The topological polar surface area (TPSA) is 96.4 Å². The lowest BCUT2D eigenvalue weighted by Gasteiger charge is -2.12. The van der Waals surface area contributed by atoms with Crippen LogP contribution in [0, 0.1) is 0 Å². The van der Waals surface area contributed by atoms with Gasteiger partial charge in [-0.25, -0.2) is 15.0 Å². The van der Waals surface area contributed by atoms with Crippen LogP contribution in [0.25, 0.3) is 6.08 Å². The van der Waals surface area contributed by atoms with Crippen LogP contribution in [0.4, 0.5) is 11.5 Å². The zero-order valence-corrected chi connectivity index (χ0v) is 9.91. The number of rotatable bonds is 1. The number of phenols is 1. The zero-order valence-electron chi connectivity index (χ0n) is 9.91. The highest BCUT2D eigenvalue weighted by Gasteiger charge is 2.10. The van der Waals surface area contributed by atoms with E-state index >= 15 is 0 Å². The summed E-state index contributed by atoms with van der Waals surface area (Å²) in [7, 11) is 0. The molecule has 0 saturated carbocycles. The van der Waals surface area contributed by atoms with Crippen molar-refractivity contribution in [3.05, 3.63) is 47.7 Å². The number of phenolic OH excluding ortho intramolecular Hbond substituents is 1. The summed E-state index contributed by atoms with van der Waals surface area (Å²) in [5, 5.41) is 12.8. The summed E-state index contributed by atoms with van der Waals surface area (Å²) in [6.45, 7) is 0. The molecule has 2 heterocycles. The van der Waals surface area contributed by atoms with Crippen LogP contribution >= 0.6 is 0 Å². The molecule has 1 aromatic carbocycles. The average molecular weight is 253 g/mol. The highest BCUT2D eigenvalue weighted by atomic mass is 16.3. The predicted octanol–water partition coefficient (Wildman–Crippen LogP) is 1.61. The molecule has 4 N–H and O–H groups in total. The fourth-order valence-corrected chi connectivity index (χ4v) is 1.73. The van der Waals surface area contributed by atoms with E-state index in [1.54, 1.807) is 36.8 Å². The Bertz CT molecular complexity index is 693. The number of nitrogens with two attached hydrogens (primary N) is 1. The molecule has 0 fully saturated rings. The summed E-state index contributed by atoms with van der Waals surface area (Å²) < 4.78 is 0. The van der Waals surface area contributed by atoms with Gasteiger partial charge in [0.1, 0.15) is 17.3 Å². The lowest BCUT2D eigenvalue weighted by atomic mass is 10.1. The molecular weight excluding hydrogens is 242 g/mol. The summed E-state index contributed by atoms with van der Waals surface area (Å²) in [5.74, 6) is 1.32. The van der Waals surface area contributed by atoms with Gasteiger partial charge in [0, 0.05) is 29.7 Å². The first-order valence-electron chi connectivity index (χ1n) is 5.65. The molecule has 0 atom stereocenters. The Morgan fingerprint density at radius 1 is 1.21 bits per heavy atom. The summed E-state index contributed by atoms with van der Waals surface area (Å²) in [6, 6.07) is 4.93. The van der Waals surface area contributed by atoms with Crippen LogP contribution < -0.4 is 11.1 Å². The van der Waals surface area contributed by atoms with E-state index in [1.165, 1.54) is 6.07 Å². The number of aromatic hydroxyl groups is 1. The summed E-state index contributed by atoms with van der Waals surface area (Å²) in [6.07, 6.45) is 6.54. The van der Waals surface area contributed by atoms with Gasteiger partial charge in [0.15, 0.2) is 5.82 Å². The van der Waals surface area contributed by atoms with E-state index in [0.717, 1.165) is 0 Å². The predicted molar refractivity (Wildman–Crippen MR) is 73.7 cm³/mol. The molecule has 0 aliphatic carbocycles. The van der Waals surface area contributed by atoms with Crippen molar-refractivity contribution in [2.24, 2.45) is 4.99 Å². The molecule has 2 aromatic rings. The Morgan fingerprint density at radius 2 is 2.05 bits per heavy atom. The van der Waals surface area contributed by atoms with E-state index < -0.39 is 0 Å². The maximum absolute atomic E-state index is 9.79. The Kier molecular flexibility index (Phi) is 2.60. The molecule has 94 valence electrons. The van der Waals surface area contributed by atoms with Gasteiger partial charge >= 0.3 is 0 Å². The molecule has 1 aliphatic rings. The maximum Gasteiger partial charge on any atom is 0.159 e. The molecule has 0 spiro atoms. The fraction of sp³-hybridized carbons (Fsp3) is 0. The van der Waals surface area contributed by atoms with Crippen molar-refractivity contribution in [1.29, 1.82) is 0 Å². The summed E-state index contributed by atoms with van der Waals surface area (Å²) >= 11 is 0. The minimum absolute atomic E-state index is 0.106. The maximum atomic E-state index is 9.79. The third-order valence-electron chi connectivity index (χ3n) is 2.65. The lowest BCUT2D eigenvalue weighted by Crippen LogP contribution is -2.09. The zero-order chi connectivity index (χ0) is 13.2. The highest BCUT2D eigenvalue weighted by Crippen LogP contribution is 2.24. The number of aliphatic imine (C=N–C) groups is 1. The van der Waals surface area contributed by atoms with E-state index in [2.05, 4.69) is 20.3 Å². The van der Waals surface area contributed by atoms with Gasteiger partial charge in [0.25, 0.3) is 0 Å². The average Bonchev–Trinajstić information content (AvgIpc) is 2.42. The number of aromatic nitrogens is 2. The van der Waals surface area contributed by atoms with E-state index in [9.17, 15) is 5.11 Å². The molecule has 6 heteroatoms. The first-order chi connectivity index (χ1) is 9.22. The smallest absolute Gasteiger partial charge is 0.159 e. The highest BCUT2D eigenvalue weighted by molar-refractivity contribution is 5.88. The first kappa shape index (κ1) is 11.2. The third kappa shape index (κ3) is 2.23. The molecule has 3 rings (SSSR count). The van der Waals surface area contributed by atoms with Crippen LogP contribution in [0.1, 0.15) is 11.3 Å². The van der Waals surface area contributed by atoms with Gasteiger partial charge in [-0.3, -0.25) is 0 Å². The molecule has 6 nitrogen and oxygen atoms in total. The molecule has 0 bridgehead atoms. The van der Waals surface area contributed by atoms with Crippen molar-refractivity contribution in [2.45, 2.75) is 0 Å². The van der Waals surface area contributed by atoms with Crippen molar-refractivity contribution in [3.63, 3.8) is 0 Å². The van der Waals surface area contributed by atoms with Crippen molar-refractivity contribution in [1.82, 2.24) is 9.97 Å². The monoisotopic (exact) mass is 253 g/mol. The summed E-state index contributed by atoms with van der Waals surface area (Å²) in [4.78, 5) is 12.5. The minimum Gasteiger partial charge on any atom is -0.507 e. The van der Waals surface area contributed by atoms with Crippen LogP contribution in [-0.2, 0) is 0 Å². The molecule has 1 aliphatic heterocycles. The van der Waals surface area contributed by atoms with Crippen molar-refractivity contribution < 1.29 is 5.11 Å². The lowest BCUT2D eigenvalue weighted by molar-refractivity contribution is 0.474. The van der Waals surface area contributed by atoms with Crippen molar-refractivity contribution in [2.75, 3.05) is 11.1 Å². The summed E-state index contributed by atoms with van der Waals surface area (Å²) in [5.41, 5.74) is 7.40. The SMILES string of the molecule is Nc1ccc(C=C2N=Cc3nccnc3N2)c(O)c1. The van der Waals surface area contributed by atoms with E-state index in [0.29, 0.717) is 28.6 Å². The van der Waals surface area contributed by atoms with E-state index in [1.807, 2.05) is 0 Å². The second-order valence-corrected chi connectivity index (χ2v) is 4.02. The van der Waals surface area contributed by atoms with E-state index in [-0.39, 0.29) is 5.75 Å². The number of hydrogen-bond acceptors (Lipinski definition) is 6. The Labute approximate surface area is 109 Å². The van der Waals surface area contributed by atoms with E-state index in [4.69, 9.17) is 5.73 Å².